The third-order valence-electron chi connectivity index (χ3n) is 3.42. The molecular formula is C17H12FN3OS. The van der Waals surface area contributed by atoms with Crippen LogP contribution in [-0.2, 0) is 6.54 Å². The number of benzene rings is 2. The minimum atomic E-state index is -0.385. The number of carbonyl (C=O) groups is 1. The van der Waals surface area contributed by atoms with Crippen LogP contribution in [0.15, 0.2) is 47.5 Å². The van der Waals surface area contributed by atoms with E-state index < -0.39 is 0 Å². The van der Waals surface area contributed by atoms with Crippen molar-refractivity contribution in [2.24, 2.45) is 4.99 Å². The zero-order chi connectivity index (χ0) is 16.4. The summed E-state index contributed by atoms with van der Waals surface area (Å²) in [5.74, 6) is -0.698. The van der Waals surface area contributed by atoms with Crippen LogP contribution >= 0.6 is 11.3 Å². The Morgan fingerprint density at radius 1 is 1.30 bits per heavy atom. The monoisotopic (exact) mass is 325 g/mol. The van der Waals surface area contributed by atoms with Gasteiger partial charge in [-0.1, -0.05) is 11.3 Å². The summed E-state index contributed by atoms with van der Waals surface area (Å²) in [7, 11) is 0. The number of nitriles is 1. The lowest BCUT2D eigenvalue weighted by Gasteiger charge is -2.00. The number of aromatic nitrogens is 1. The molecule has 114 valence electrons. The van der Waals surface area contributed by atoms with Gasteiger partial charge in [0, 0.05) is 12.1 Å². The SMILES string of the molecule is CCn1c(=NC(=O)c2ccc(C#N)cc2)sc2cc(F)ccc21. The molecule has 23 heavy (non-hydrogen) atoms. The molecule has 0 fully saturated rings. The lowest BCUT2D eigenvalue weighted by molar-refractivity contribution is 0.0998. The van der Waals surface area contributed by atoms with Crippen molar-refractivity contribution in [3.63, 3.8) is 0 Å². The molecule has 3 aromatic rings. The number of halogens is 1. The van der Waals surface area contributed by atoms with E-state index in [0.29, 0.717) is 22.5 Å². The quantitative estimate of drug-likeness (QED) is 0.724. The number of hydrogen-bond donors (Lipinski definition) is 0. The molecule has 0 bridgehead atoms. The van der Waals surface area contributed by atoms with E-state index in [4.69, 9.17) is 5.26 Å². The fraction of sp³-hybridized carbons (Fsp3) is 0.118. The summed E-state index contributed by atoms with van der Waals surface area (Å²) in [6.45, 7) is 2.58. The Morgan fingerprint density at radius 3 is 2.70 bits per heavy atom. The van der Waals surface area contributed by atoms with Gasteiger partial charge in [0.25, 0.3) is 5.91 Å². The standard InChI is InChI=1S/C17H12FN3OS/c1-2-21-14-8-7-13(18)9-15(14)23-17(21)20-16(22)12-5-3-11(10-19)4-6-12/h3-9H,2H2,1H3. The van der Waals surface area contributed by atoms with Gasteiger partial charge in [-0.05, 0) is 49.4 Å². The Bertz CT molecular complexity index is 993. The first-order chi connectivity index (χ1) is 11.1. The van der Waals surface area contributed by atoms with E-state index in [9.17, 15) is 9.18 Å². The molecule has 0 N–H and O–H groups in total. The molecule has 0 radical (unpaired) electrons. The highest BCUT2D eigenvalue weighted by atomic mass is 32.1. The predicted octanol–water partition coefficient (Wildman–Crippen LogP) is 3.47. The van der Waals surface area contributed by atoms with Crippen LogP contribution in [0.25, 0.3) is 10.2 Å². The van der Waals surface area contributed by atoms with Crippen LogP contribution in [-0.4, -0.2) is 10.5 Å². The van der Waals surface area contributed by atoms with Gasteiger partial charge in [0.2, 0.25) is 0 Å². The summed E-state index contributed by atoms with van der Waals surface area (Å²) in [4.78, 5) is 17.0. The minimum absolute atomic E-state index is 0.313. The Morgan fingerprint density at radius 2 is 2.04 bits per heavy atom. The molecule has 2 aromatic carbocycles. The number of rotatable bonds is 2. The second-order valence-electron chi connectivity index (χ2n) is 4.85. The molecule has 0 unspecified atom stereocenters. The van der Waals surface area contributed by atoms with Crippen molar-refractivity contribution < 1.29 is 9.18 Å². The van der Waals surface area contributed by atoms with E-state index in [1.54, 1.807) is 30.3 Å². The molecule has 0 aliphatic heterocycles. The molecule has 6 heteroatoms. The van der Waals surface area contributed by atoms with Crippen LogP contribution in [0.3, 0.4) is 0 Å². The highest BCUT2D eigenvalue weighted by Crippen LogP contribution is 2.18. The first-order valence-corrected chi connectivity index (χ1v) is 7.82. The fourth-order valence-electron chi connectivity index (χ4n) is 2.28. The van der Waals surface area contributed by atoms with E-state index in [0.717, 1.165) is 10.2 Å². The molecule has 1 aromatic heterocycles. The lowest BCUT2D eigenvalue weighted by atomic mass is 10.1. The highest BCUT2D eigenvalue weighted by Gasteiger charge is 2.09. The van der Waals surface area contributed by atoms with Gasteiger partial charge < -0.3 is 4.57 Å². The average molecular weight is 325 g/mol. The van der Waals surface area contributed by atoms with Crippen molar-refractivity contribution in [1.29, 1.82) is 5.26 Å². The lowest BCUT2D eigenvalue weighted by Crippen LogP contribution is -2.15. The van der Waals surface area contributed by atoms with Crippen molar-refractivity contribution >= 4 is 27.5 Å². The zero-order valence-corrected chi connectivity index (χ0v) is 13.1. The first kappa shape index (κ1) is 15.1. The summed E-state index contributed by atoms with van der Waals surface area (Å²) < 4.78 is 16.0. The van der Waals surface area contributed by atoms with Gasteiger partial charge in [-0.15, -0.1) is 0 Å². The number of thiazole rings is 1. The molecule has 0 atom stereocenters. The van der Waals surface area contributed by atoms with E-state index in [1.807, 2.05) is 17.6 Å². The molecular weight excluding hydrogens is 313 g/mol. The number of amides is 1. The van der Waals surface area contributed by atoms with E-state index in [-0.39, 0.29) is 11.7 Å². The number of fused-ring (bicyclic) bond motifs is 1. The second kappa shape index (κ2) is 6.15. The third-order valence-corrected chi connectivity index (χ3v) is 4.46. The molecule has 0 saturated heterocycles. The van der Waals surface area contributed by atoms with Gasteiger partial charge in [0.05, 0.1) is 21.8 Å². The van der Waals surface area contributed by atoms with Crippen molar-refractivity contribution in [3.05, 3.63) is 64.2 Å². The predicted molar refractivity (Wildman–Crippen MR) is 86.5 cm³/mol. The third kappa shape index (κ3) is 2.91. The van der Waals surface area contributed by atoms with Gasteiger partial charge in [0.15, 0.2) is 4.80 Å². The average Bonchev–Trinajstić information content (AvgIpc) is 2.90. The molecule has 1 amide bonds. The molecule has 0 aliphatic rings. The summed E-state index contributed by atoms with van der Waals surface area (Å²) in [6, 6.07) is 12.8. The fourth-order valence-corrected chi connectivity index (χ4v) is 3.39. The van der Waals surface area contributed by atoms with Crippen molar-refractivity contribution in [3.8, 4) is 6.07 Å². The number of carbonyl (C=O) groups excluding carboxylic acids is 1. The van der Waals surface area contributed by atoms with Crippen molar-refractivity contribution in [1.82, 2.24) is 4.57 Å². The summed E-state index contributed by atoms with van der Waals surface area (Å²) >= 11 is 1.28. The topological polar surface area (TPSA) is 58.1 Å². The largest absolute Gasteiger partial charge is 0.317 e. The van der Waals surface area contributed by atoms with Crippen LogP contribution in [0.1, 0.15) is 22.8 Å². The number of aryl methyl sites for hydroxylation is 1. The zero-order valence-electron chi connectivity index (χ0n) is 12.3. The van der Waals surface area contributed by atoms with Crippen LogP contribution < -0.4 is 4.80 Å². The number of nitrogens with zero attached hydrogens (tertiary/aromatic N) is 3. The Hall–Kier alpha value is -2.78. The maximum atomic E-state index is 13.4. The minimum Gasteiger partial charge on any atom is -0.317 e. The van der Waals surface area contributed by atoms with Gasteiger partial charge in [-0.3, -0.25) is 4.79 Å². The van der Waals surface area contributed by atoms with Crippen LogP contribution in [0.5, 0.6) is 0 Å². The Labute approximate surface area is 135 Å². The van der Waals surface area contributed by atoms with E-state index in [2.05, 4.69) is 4.99 Å². The maximum Gasteiger partial charge on any atom is 0.279 e. The molecule has 0 spiro atoms. The highest BCUT2D eigenvalue weighted by molar-refractivity contribution is 7.16. The summed E-state index contributed by atoms with van der Waals surface area (Å²) in [6.07, 6.45) is 0. The van der Waals surface area contributed by atoms with Crippen LogP contribution in [0.2, 0.25) is 0 Å². The van der Waals surface area contributed by atoms with Crippen molar-refractivity contribution in [2.45, 2.75) is 13.5 Å². The molecule has 0 saturated carbocycles. The van der Waals surface area contributed by atoms with Gasteiger partial charge >= 0.3 is 0 Å². The molecule has 0 aliphatic carbocycles. The number of hydrogen-bond acceptors (Lipinski definition) is 3. The smallest absolute Gasteiger partial charge is 0.279 e. The van der Waals surface area contributed by atoms with Crippen LogP contribution in [0.4, 0.5) is 4.39 Å². The molecule has 3 rings (SSSR count). The van der Waals surface area contributed by atoms with Crippen LogP contribution in [0, 0.1) is 17.1 Å². The Balaban J connectivity index is 2.09. The first-order valence-electron chi connectivity index (χ1n) is 7.00. The van der Waals surface area contributed by atoms with E-state index in [1.165, 1.54) is 23.5 Å². The van der Waals surface area contributed by atoms with E-state index >= 15 is 0 Å². The molecule has 4 nitrogen and oxygen atoms in total. The molecule has 1 heterocycles. The summed E-state index contributed by atoms with van der Waals surface area (Å²) in [5, 5.41) is 8.78. The van der Waals surface area contributed by atoms with Gasteiger partial charge in [0.1, 0.15) is 5.82 Å². The maximum absolute atomic E-state index is 13.4. The Kier molecular flexibility index (Phi) is 4.04. The summed E-state index contributed by atoms with van der Waals surface area (Å²) in [5.41, 5.74) is 1.75. The van der Waals surface area contributed by atoms with Gasteiger partial charge in [-0.2, -0.15) is 10.3 Å². The normalized spacial score (nSPS) is 11.6. The van der Waals surface area contributed by atoms with Crippen molar-refractivity contribution in [2.75, 3.05) is 0 Å². The second-order valence-corrected chi connectivity index (χ2v) is 5.86. The van der Waals surface area contributed by atoms with Gasteiger partial charge in [-0.25, -0.2) is 4.39 Å².